The molecule has 4 rings (SSSR count). The van der Waals surface area contributed by atoms with E-state index in [4.69, 9.17) is 14.2 Å². The van der Waals surface area contributed by atoms with Gasteiger partial charge in [0.15, 0.2) is 17.1 Å². The lowest BCUT2D eigenvalue weighted by atomic mass is 10.1. The number of hydrogen-bond donors (Lipinski definition) is 1. The van der Waals surface area contributed by atoms with E-state index in [2.05, 4.69) is 9.97 Å². The minimum absolute atomic E-state index is 0.347. The third-order valence-electron chi connectivity index (χ3n) is 4.29. The van der Waals surface area contributed by atoms with Crippen LogP contribution in [0.25, 0.3) is 27.6 Å². The first-order chi connectivity index (χ1) is 12.6. The van der Waals surface area contributed by atoms with Gasteiger partial charge in [0.1, 0.15) is 0 Å². The highest BCUT2D eigenvalue weighted by molar-refractivity contribution is 6.00. The van der Waals surface area contributed by atoms with Crippen LogP contribution in [0.3, 0.4) is 0 Å². The van der Waals surface area contributed by atoms with Crippen molar-refractivity contribution in [2.75, 3.05) is 21.3 Å². The Hall–Kier alpha value is -3.55. The van der Waals surface area contributed by atoms with Gasteiger partial charge in [0.05, 0.1) is 43.4 Å². The number of fused-ring (bicyclic) bond motifs is 5. The molecule has 0 aliphatic rings. The van der Waals surface area contributed by atoms with Gasteiger partial charge in [-0.25, -0.2) is 19.0 Å². The van der Waals surface area contributed by atoms with Crippen LogP contribution in [0.2, 0.25) is 0 Å². The predicted octanol–water partition coefficient (Wildman–Crippen LogP) is 2.13. The molecule has 2 heterocycles. The molecule has 26 heavy (non-hydrogen) atoms. The SMILES string of the molecule is COC(=O)c1ccc2c(c1)[nH]c(=O)n1c3cc(OC)c(OC)cc3nc21. The Balaban J connectivity index is 2.10. The molecule has 0 saturated heterocycles. The summed E-state index contributed by atoms with van der Waals surface area (Å²) >= 11 is 0. The number of carbonyl (C=O) groups is 1. The standard InChI is InChI=1S/C18H15N3O5/c1-24-14-7-12-13(8-15(14)25-2)21-16(19-12)10-5-4-9(17(22)26-3)6-11(10)20-18(21)23/h4-8H,1-3H3,(H,20,23). The number of benzene rings is 2. The van der Waals surface area contributed by atoms with Crippen LogP contribution in [0.5, 0.6) is 11.5 Å². The Morgan fingerprint density at radius 2 is 1.81 bits per heavy atom. The first-order valence-electron chi connectivity index (χ1n) is 7.76. The van der Waals surface area contributed by atoms with Crippen LogP contribution in [0.4, 0.5) is 0 Å². The van der Waals surface area contributed by atoms with E-state index >= 15 is 0 Å². The predicted molar refractivity (Wildman–Crippen MR) is 95.3 cm³/mol. The van der Waals surface area contributed by atoms with Crippen LogP contribution in [0.1, 0.15) is 10.4 Å². The maximum atomic E-state index is 12.7. The van der Waals surface area contributed by atoms with Crippen molar-refractivity contribution in [1.29, 1.82) is 0 Å². The van der Waals surface area contributed by atoms with Gasteiger partial charge in [0.2, 0.25) is 0 Å². The van der Waals surface area contributed by atoms with E-state index in [0.29, 0.717) is 44.6 Å². The number of esters is 1. The topological polar surface area (TPSA) is 94.9 Å². The van der Waals surface area contributed by atoms with Crippen molar-refractivity contribution < 1.29 is 19.0 Å². The van der Waals surface area contributed by atoms with Crippen LogP contribution in [-0.4, -0.2) is 41.7 Å². The van der Waals surface area contributed by atoms with Gasteiger partial charge < -0.3 is 19.2 Å². The van der Waals surface area contributed by atoms with Gasteiger partial charge >= 0.3 is 11.7 Å². The average Bonchev–Trinajstić information content (AvgIpc) is 3.04. The van der Waals surface area contributed by atoms with Gasteiger partial charge in [-0.3, -0.25) is 0 Å². The molecular weight excluding hydrogens is 338 g/mol. The number of rotatable bonds is 3. The molecule has 1 N–H and O–H groups in total. The van der Waals surface area contributed by atoms with Crippen LogP contribution < -0.4 is 15.2 Å². The number of imidazole rings is 1. The van der Waals surface area contributed by atoms with Crippen molar-refractivity contribution in [3.8, 4) is 11.5 Å². The number of nitrogens with one attached hydrogen (secondary N) is 1. The highest BCUT2D eigenvalue weighted by Crippen LogP contribution is 2.32. The molecule has 8 nitrogen and oxygen atoms in total. The summed E-state index contributed by atoms with van der Waals surface area (Å²) in [5.74, 6) is 0.551. The van der Waals surface area contributed by atoms with E-state index in [1.807, 2.05) is 0 Å². The van der Waals surface area contributed by atoms with Crippen molar-refractivity contribution in [3.05, 3.63) is 46.4 Å². The molecule has 0 saturated carbocycles. The second-order valence-corrected chi connectivity index (χ2v) is 5.65. The quantitative estimate of drug-likeness (QED) is 0.567. The summed E-state index contributed by atoms with van der Waals surface area (Å²) in [4.78, 5) is 31.7. The summed E-state index contributed by atoms with van der Waals surface area (Å²) < 4.78 is 16.8. The van der Waals surface area contributed by atoms with E-state index in [-0.39, 0.29) is 5.69 Å². The number of H-pyrrole nitrogens is 1. The Labute approximate surface area is 146 Å². The van der Waals surface area contributed by atoms with E-state index < -0.39 is 5.97 Å². The van der Waals surface area contributed by atoms with Gasteiger partial charge in [0.25, 0.3) is 0 Å². The molecule has 2 aromatic heterocycles. The number of nitrogens with zero attached hydrogens (tertiary/aromatic N) is 2. The smallest absolute Gasteiger partial charge is 0.337 e. The van der Waals surface area contributed by atoms with Crippen LogP contribution in [-0.2, 0) is 4.74 Å². The molecule has 0 atom stereocenters. The van der Waals surface area contributed by atoms with Crippen molar-refractivity contribution in [3.63, 3.8) is 0 Å². The Morgan fingerprint density at radius 1 is 1.08 bits per heavy atom. The Bertz CT molecular complexity index is 1240. The van der Waals surface area contributed by atoms with Crippen molar-refractivity contribution >= 4 is 33.6 Å². The van der Waals surface area contributed by atoms with Crippen LogP contribution in [0, 0.1) is 0 Å². The molecule has 0 spiro atoms. The summed E-state index contributed by atoms with van der Waals surface area (Å²) in [5.41, 5.74) is 2.14. The molecule has 0 aliphatic carbocycles. The van der Waals surface area contributed by atoms with E-state index in [1.165, 1.54) is 25.7 Å². The number of methoxy groups -OCH3 is 3. The zero-order valence-electron chi connectivity index (χ0n) is 14.3. The van der Waals surface area contributed by atoms with Crippen LogP contribution in [0.15, 0.2) is 35.1 Å². The van der Waals surface area contributed by atoms with Crippen molar-refractivity contribution in [2.45, 2.75) is 0 Å². The molecule has 0 amide bonds. The summed E-state index contributed by atoms with van der Waals surface area (Å²) in [5, 5.41) is 0.700. The molecule has 0 unspecified atom stereocenters. The largest absolute Gasteiger partial charge is 0.493 e. The lowest BCUT2D eigenvalue weighted by Gasteiger charge is -2.07. The number of aromatic nitrogens is 3. The third kappa shape index (κ3) is 2.19. The molecule has 0 aliphatic heterocycles. The van der Waals surface area contributed by atoms with Gasteiger partial charge in [0, 0.05) is 17.5 Å². The molecule has 0 fully saturated rings. The molecule has 132 valence electrons. The fourth-order valence-corrected chi connectivity index (χ4v) is 3.05. The van der Waals surface area contributed by atoms with Gasteiger partial charge in [-0.05, 0) is 18.2 Å². The molecule has 0 radical (unpaired) electrons. The Kier molecular flexibility index (Phi) is 3.54. The lowest BCUT2D eigenvalue weighted by Crippen LogP contribution is -2.16. The van der Waals surface area contributed by atoms with E-state index in [1.54, 1.807) is 30.3 Å². The summed E-state index contributed by atoms with van der Waals surface area (Å²) in [6.07, 6.45) is 0. The fraction of sp³-hybridized carbons (Fsp3) is 0.167. The first kappa shape index (κ1) is 15.9. The molecule has 2 aromatic carbocycles. The summed E-state index contributed by atoms with van der Waals surface area (Å²) in [6, 6.07) is 8.36. The lowest BCUT2D eigenvalue weighted by molar-refractivity contribution is 0.0601. The minimum Gasteiger partial charge on any atom is -0.493 e. The maximum Gasteiger partial charge on any atom is 0.337 e. The number of ether oxygens (including phenoxy) is 3. The summed E-state index contributed by atoms with van der Waals surface area (Å²) in [7, 11) is 4.37. The maximum absolute atomic E-state index is 12.7. The van der Waals surface area contributed by atoms with E-state index in [9.17, 15) is 9.59 Å². The molecular formula is C18H15N3O5. The normalized spacial score (nSPS) is 11.2. The number of carbonyl (C=O) groups excluding carboxylic acids is 1. The minimum atomic E-state index is -0.476. The highest BCUT2D eigenvalue weighted by Gasteiger charge is 2.16. The number of aromatic amines is 1. The second-order valence-electron chi connectivity index (χ2n) is 5.65. The zero-order chi connectivity index (χ0) is 18.4. The Morgan fingerprint density at radius 3 is 2.50 bits per heavy atom. The first-order valence-corrected chi connectivity index (χ1v) is 7.76. The molecule has 0 bridgehead atoms. The number of hydrogen-bond acceptors (Lipinski definition) is 6. The van der Waals surface area contributed by atoms with Gasteiger partial charge in [-0.2, -0.15) is 0 Å². The van der Waals surface area contributed by atoms with Gasteiger partial charge in [-0.15, -0.1) is 0 Å². The molecule has 8 heteroatoms. The third-order valence-corrected chi connectivity index (χ3v) is 4.29. The molecule has 4 aromatic rings. The van der Waals surface area contributed by atoms with Crippen molar-refractivity contribution in [2.24, 2.45) is 0 Å². The highest BCUT2D eigenvalue weighted by atomic mass is 16.5. The average molecular weight is 353 g/mol. The van der Waals surface area contributed by atoms with Gasteiger partial charge in [-0.1, -0.05) is 0 Å². The zero-order valence-corrected chi connectivity index (χ0v) is 14.3. The van der Waals surface area contributed by atoms with Crippen molar-refractivity contribution in [1.82, 2.24) is 14.4 Å². The second kappa shape index (κ2) is 5.76. The monoisotopic (exact) mass is 353 g/mol. The van der Waals surface area contributed by atoms with E-state index in [0.717, 1.165) is 0 Å². The summed E-state index contributed by atoms with van der Waals surface area (Å²) in [6.45, 7) is 0. The fourth-order valence-electron chi connectivity index (χ4n) is 3.05. The van der Waals surface area contributed by atoms with Crippen LogP contribution >= 0.6 is 0 Å².